The summed E-state index contributed by atoms with van der Waals surface area (Å²) in [5.74, 6) is 0.0800. The van der Waals surface area contributed by atoms with Crippen LogP contribution < -0.4 is 4.98 Å². The first kappa shape index (κ1) is 16.4. The van der Waals surface area contributed by atoms with E-state index in [0.29, 0.717) is 12.8 Å². The lowest BCUT2D eigenvalue weighted by atomic mass is 10.3. The van der Waals surface area contributed by atoms with Crippen LogP contribution in [0.2, 0.25) is 39.3 Å². The molecule has 0 aromatic rings. The number of hydrogen-bond acceptors (Lipinski definition) is 2. The third-order valence-corrected chi connectivity index (χ3v) is 5.75. The molecule has 0 rings (SSSR count). The van der Waals surface area contributed by atoms with Crippen molar-refractivity contribution in [1.82, 2.24) is 9.55 Å². The largest absolute Gasteiger partial charge is 0.382 e. The van der Waals surface area contributed by atoms with Gasteiger partial charge in [0.25, 0.3) is 0 Å². The Morgan fingerprint density at radius 1 is 1.00 bits per heavy atom. The maximum absolute atomic E-state index is 11.9. The van der Waals surface area contributed by atoms with Crippen LogP contribution in [0.4, 0.5) is 0 Å². The molecule has 0 aliphatic rings. The van der Waals surface area contributed by atoms with Gasteiger partial charge in [0.1, 0.15) is 8.24 Å². The standard InChI is InChI=1S/C11H26N2O2Si2/c1-13(17(5,6)7)11(15)9-8-10(14)12-16(2,3)4/h8-9H2,1-7H3,(H,12,14). The predicted octanol–water partition coefficient (Wildman–Crippen LogP) is 2.01. The molecule has 0 saturated heterocycles. The predicted molar refractivity (Wildman–Crippen MR) is 76.8 cm³/mol. The minimum absolute atomic E-state index is 0.00138. The summed E-state index contributed by atoms with van der Waals surface area (Å²) in [6.07, 6.45) is 0.620. The molecule has 0 heterocycles. The van der Waals surface area contributed by atoms with Crippen molar-refractivity contribution < 1.29 is 9.59 Å². The Morgan fingerprint density at radius 3 is 1.82 bits per heavy atom. The lowest BCUT2D eigenvalue weighted by molar-refractivity contribution is -0.129. The van der Waals surface area contributed by atoms with Crippen LogP contribution >= 0.6 is 0 Å². The van der Waals surface area contributed by atoms with Crippen molar-refractivity contribution in [2.24, 2.45) is 0 Å². The molecule has 100 valence electrons. The van der Waals surface area contributed by atoms with Crippen molar-refractivity contribution in [3.05, 3.63) is 0 Å². The highest BCUT2D eigenvalue weighted by molar-refractivity contribution is 6.76. The van der Waals surface area contributed by atoms with Gasteiger partial charge in [0, 0.05) is 19.9 Å². The van der Waals surface area contributed by atoms with Crippen molar-refractivity contribution in [3.63, 3.8) is 0 Å². The average Bonchev–Trinajstić information content (AvgIpc) is 2.08. The fourth-order valence-corrected chi connectivity index (χ4v) is 3.06. The maximum Gasteiger partial charge on any atom is 0.214 e. The van der Waals surface area contributed by atoms with E-state index in [0.717, 1.165) is 0 Å². The highest BCUT2D eigenvalue weighted by atomic mass is 28.3. The number of nitrogens with one attached hydrogen (secondary N) is 1. The SMILES string of the molecule is CN(C(=O)CCC(=O)N[Si](C)(C)C)[Si](C)(C)C. The number of carbonyl (C=O) groups excluding carboxylic acids is 2. The lowest BCUT2D eigenvalue weighted by Crippen LogP contribution is -2.48. The Labute approximate surface area is 107 Å². The van der Waals surface area contributed by atoms with Gasteiger partial charge >= 0.3 is 0 Å². The second-order valence-corrected chi connectivity index (χ2v) is 16.2. The van der Waals surface area contributed by atoms with E-state index in [1.165, 1.54) is 0 Å². The number of amides is 2. The van der Waals surface area contributed by atoms with Gasteiger partial charge in [0.15, 0.2) is 8.24 Å². The zero-order chi connectivity index (χ0) is 13.9. The van der Waals surface area contributed by atoms with Crippen molar-refractivity contribution in [3.8, 4) is 0 Å². The Morgan fingerprint density at radius 2 is 1.47 bits per heavy atom. The maximum atomic E-state index is 11.9. The van der Waals surface area contributed by atoms with E-state index in [9.17, 15) is 9.59 Å². The van der Waals surface area contributed by atoms with E-state index in [4.69, 9.17) is 0 Å². The van der Waals surface area contributed by atoms with Gasteiger partial charge in [-0.3, -0.25) is 9.59 Å². The van der Waals surface area contributed by atoms with Crippen LogP contribution in [0.1, 0.15) is 12.8 Å². The Hall–Kier alpha value is -0.626. The summed E-state index contributed by atoms with van der Waals surface area (Å²) in [5, 5.41) is 0. The van der Waals surface area contributed by atoms with E-state index in [2.05, 4.69) is 44.3 Å². The molecule has 0 bridgehead atoms. The average molecular weight is 275 g/mol. The molecule has 0 unspecified atom stereocenters. The van der Waals surface area contributed by atoms with Crippen LogP contribution in [0.25, 0.3) is 0 Å². The fourth-order valence-electron chi connectivity index (χ4n) is 1.24. The molecule has 0 atom stereocenters. The molecule has 0 aliphatic carbocycles. The van der Waals surface area contributed by atoms with Crippen LogP contribution in [0.5, 0.6) is 0 Å². The number of rotatable bonds is 5. The second kappa shape index (κ2) is 5.81. The van der Waals surface area contributed by atoms with Gasteiger partial charge in [0.05, 0.1) is 0 Å². The van der Waals surface area contributed by atoms with Crippen LogP contribution in [0.15, 0.2) is 0 Å². The third-order valence-electron chi connectivity index (χ3n) is 2.46. The zero-order valence-electron chi connectivity index (χ0n) is 12.2. The molecule has 2 amide bonds. The first-order valence-electron chi connectivity index (χ1n) is 6.01. The topological polar surface area (TPSA) is 49.4 Å². The molecule has 0 radical (unpaired) electrons. The van der Waals surface area contributed by atoms with E-state index < -0.39 is 16.5 Å². The minimum Gasteiger partial charge on any atom is -0.382 e. The van der Waals surface area contributed by atoms with Crippen LogP contribution in [0, 0.1) is 0 Å². The summed E-state index contributed by atoms with van der Waals surface area (Å²) < 4.78 is 1.83. The minimum atomic E-state index is -1.58. The van der Waals surface area contributed by atoms with Crippen LogP contribution in [0.3, 0.4) is 0 Å². The fraction of sp³-hybridized carbons (Fsp3) is 0.818. The van der Waals surface area contributed by atoms with Crippen molar-refractivity contribution in [2.75, 3.05) is 7.05 Å². The van der Waals surface area contributed by atoms with E-state index in [1.54, 1.807) is 0 Å². The molecule has 0 aromatic heterocycles. The highest BCUT2D eigenvalue weighted by Crippen LogP contribution is 2.09. The lowest BCUT2D eigenvalue weighted by Gasteiger charge is -2.30. The first-order chi connectivity index (χ1) is 7.43. The molecular weight excluding hydrogens is 248 g/mol. The molecule has 0 fully saturated rings. The smallest absolute Gasteiger partial charge is 0.214 e. The van der Waals surface area contributed by atoms with Gasteiger partial charge in [-0.25, -0.2) is 0 Å². The molecule has 17 heavy (non-hydrogen) atoms. The quantitative estimate of drug-likeness (QED) is 0.780. The van der Waals surface area contributed by atoms with Crippen LogP contribution in [-0.2, 0) is 9.59 Å². The van der Waals surface area contributed by atoms with Crippen LogP contribution in [-0.4, -0.2) is 39.9 Å². The monoisotopic (exact) mass is 274 g/mol. The first-order valence-corrected chi connectivity index (χ1v) is 13.0. The van der Waals surface area contributed by atoms with E-state index in [1.807, 2.05) is 11.6 Å². The summed E-state index contributed by atoms with van der Waals surface area (Å²) >= 11 is 0. The van der Waals surface area contributed by atoms with Gasteiger partial charge in [-0.2, -0.15) is 0 Å². The Balaban J connectivity index is 4.14. The van der Waals surface area contributed by atoms with Crippen molar-refractivity contribution >= 4 is 28.3 Å². The summed E-state index contributed by atoms with van der Waals surface area (Å²) in [6, 6.07) is 0. The third kappa shape index (κ3) is 7.33. The number of hydrogen-bond donors (Lipinski definition) is 1. The van der Waals surface area contributed by atoms with E-state index >= 15 is 0 Å². The van der Waals surface area contributed by atoms with Gasteiger partial charge in [-0.15, -0.1) is 0 Å². The highest BCUT2D eigenvalue weighted by Gasteiger charge is 2.25. The second-order valence-electron chi connectivity index (χ2n) is 6.42. The molecule has 0 aromatic carbocycles. The Bertz CT molecular complexity index is 293. The molecule has 6 heteroatoms. The van der Waals surface area contributed by atoms with Gasteiger partial charge in [-0.1, -0.05) is 39.3 Å². The summed E-state index contributed by atoms with van der Waals surface area (Å²) in [4.78, 5) is 26.4. The Kier molecular flexibility index (Phi) is 5.60. The van der Waals surface area contributed by atoms with Gasteiger partial charge < -0.3 is 9.55 Å². The zero-order valence-corrected chi connectivity index (χ0v) is 14.2. The molecule has 1 N–H and O–H groups in total. The summed E-state index contributed by atoms with van der Waals surface area (Å²) in [5.41, 5.74) is 0. The molecule has 0 aliphatic heterocycles. The van der Waals surface area contributed by atoms with Crippen molar-refractivity contribution in [1.29, 1.82) is 0 Å². The molecular formula is C11H26N2O2Si2. The van der Waals surface area contributed by atoms with Gasteiger partial charge in [-0.05, 0) is 0 Å². The number of nitrogens with zero attached hydrogens (tertiary/aromatic N) is 1. The normalized spacial score (nSPS) is 12.2. The molecule has 0 spiro atoms. The van der Waals surface area contributed by atoms with Gasteiger partial charge in [0.2, 0.25) is 11.8 Å². The molecule has 4 nitrogen and oxygen atoms in total. The van der Waals surface area contributed by atoms with E-state index in [-0.39, 0.29) is 11.8 Å². The molecule has 0 saturated carbocycles. The summed E-state index contributed by atoms with van der Waals surface area (Å²) in [7, 11) is -1.32. The van der Waals surface area contributed by atoms with Crippen molar-refractivity contribution in [2.45, 2.75) is 52.1 Å². The summed E-state index contributed by atoms with van der Waals surface area (Å²) in [6.45, 7) is 12.6. The number of carbonyl (C=O) groups is 2.